The maximum Gasteiger partial charge on any atom is 0.310 e. The standard InChI is InChI=1S/C25H43NO2/c1-3-5-6-7-8-9-10-11-12-13-14-15-16-21-26-24-19-17-23(18-20-24)22-25(27)28-4-2/h17-20,26H,3-16,21-22H2,1-2H3. The third kappa shape index (κ3) is 13.6. The van der Waals surface area contributed by atoms with Gasteiger partial charge in [0.05, 0.1) is 13.0 Å². The third-order valence-electron chi connectivity index (χ3n) is 5.22. The summed E-state index contributed by atoms with van der Waals surface area (Å²) >= 11 is 0. The Hall–Kier alpha value is -1.51. The molecule has 0 spiro atoms. The minimum Gasteiger partial charge on any atom is -0.466 e. The largest absolute Gasteiger partial charge is 0.466 e. The molecule has 1 rings (SSSR count). The van der Waals surface area contributed by atoms with E-state index in [2.05, 4.69) is 24.4 Å². The molecule has 0 aromatic heterocycles. The van der Waals surface area contributed by atoms with Crippen molar-refractivity contribution in [1.82, 2.24) is 0 Å². The van der Waals surface area contributed by atoms with Crippen molar-refractivity contribution in [1.29, 1.82) is 0 Å². The number of esters is 1. The van der Waals surface area contributed by atoms with Gasteiger partial charge in [0.1, 0.15) is 0 Å². The molecule has 0 aliphatic heterocycles. The van der Waals surface area contributed by atoms with Crippen LogP contribution in [0.1, 0.15) is 103 Å². The summed E-state index contributed by atoms with van der Waals surface area (Å²) in [5, 5.41) is 3.47. The van der Waals surface area contributed by atoms with Crippen molar-refractivity contribution >= 4 is 11.7 Å². The van der Waals surface area contributed by atoms with E-state index in [4.69, 9.17) is 4.74 Å². The minimum atomic E-state index is -0.157. The average molecular weight is 390 g/mol. The molecule has 0 radical (unpaired) electrons. The van der Waals surface area contributed by atoms with Gasteiger partial charge in [-0.25, -0.2) is 0 Å². The van der Waals surface area contributed by atoms with Gasteiger partial charge < -0.3 is 10.1 Å². The molecule has 28 heavy (non-hydrogen) atoms. The highest BCUT2D eigenvalue weighted by Gasteiger charge is 2.03. The molecular weight excluding hydrogens is 346 g/mol. The predicted octanol–water partition coefficient (Wildman–Crippen LogP) is 7.30. The summed E-state index contributed by atoms with van der Waals surface area (Å²) in [6, 6.07) is 8.11. The van der Waals surface area contributed by atoms with Crippen molar-refractivity contribution < 1.29 is 9.53 Å². The smallest absolute Gasteiger partial charge is 0.310 e. The lowest BCUT2D eigenvalue weighted by atomic mass is 10.0. The lowest BCUT2D eigenvalue weighted by Crippen LogP contribution is -2.07. The molecule has 0 aliphatic rings. The van der Waals surface area contributed by atoms with Crippen molar-refractivity contribution in [3.63, 3.8) is 0 Å². The lowest BCUT2D eigenvalue weighted by Gasteiger charge is -2.08. The number of unbranched alkanes of at least 4 members (excludes halogenated alkanes) is 12. The Balaban J connectivity index is 1.91. The maximum atomic E-state index is 11.5. The molecular formula is C25H43NO2. The first-order chi connectivity index (χ1) is 13.8. The van der Waals surface area contributed by atoms with E-state index in [0.29, 0.717) is 13.0 Å². The molecule has 0 saturated carbocycles. The summed E-state index contributed by atoms with van der Waals surface area (Å²) in [5.74, 6) is -0.157. The second-order valence-electron chi connectivity index (χ2n) is 7.85. The van der Waals surface area contributed by atoms with Gasteiger partial charge in [0.15, 0.2) is 0 Å². The average Bonchev–Trinajstić information content (AvgIpc) is 2.69. The van der Waals surface area contributed by atoms with E-state index in [9.17, 15) is 4.79 Å². The summed E-state index contributed by atoms with van der Waals surface area (Å²) in [4.78, 5) is 11.5. The van der Waals surface area contributed by atoms with Crippen molar-refractivity contribution in [2.75, 3.05) is 18.5 Å². The van der Waals surface area contributed by atoms with Gasteiger partial charge >= 0.3 is 5.97 Å². The Morgan fingerprint density at radius 3 is 1.75 bits per heavy atom. The molecule has 0 atom stereocenters. The number of rotatable bonds is 18. The number of hydrogen-bond acceptors (Lipinski definition) is 3. The molecule has 1 N–H and O–H groups in total. The van der Waals surface area contributed by atoms with Crippen LogP contribution >= 0.6 is 0 Å². The zero-order valence-electron chi connectivity index (χ0n) is 18.4. The van der Waals surface area contributed by atoms with E-state index < -0.39 is 0 Å². The molecule has 0 unspecified atom stereocenters. The fourth-order valence-electron chi connectivity index (χ4n) is 3.49. The second-order valence-corrected chi connectivity index (χ2v) is 7.85. The second kappa shape index (κ2) is 17.6. The molecule has 1 aromatic carbocycles. The fraction of sp³-hybridized carbons (Fsp3) is 0.720. The predicted molar refractivity (Wildman–Crippen MR) is 121 cm³/mol. The molecule has 1 aromatic rings. The molecule has 0 aliphatic carbocycles. The highest BCUT2D eigenvalue weighted by atomic mass is 16.5. The number of benzene rings is 1. The van der Waals surface area contributed by atoms with E-state index in [1.807, 2.05) is 19.1 Å². The summed E-state index contributed by atoms with van der Waals surface area (Å²) in [6.45, 7) is 5.58. The fourth-order valence-corrected chi connectivity index (χ4v) is 3.49. The van der Waals surface area contributed by atoms with Crippen LogP contribution in [0.4, 0.5) is 5.69 Å². The summed E-state index contributed by atoms with van der Waals surface area (Å²) in [5.41, 5.74) is 2.14. The van der Waals surface area contributed by atoms with Crippen LogP contribution in [-0.4, -0.2) is 19.1 Å². The van der Waals surface area contributed by atoms with E-state index in [-0.39, 0.29) is 5.97 Å². The van der Waals surface area contributed by atoms with E-state index in [1.165, 1.54) is 83.5 Å². The molecule has 0 heterocycles. The highest BCUT2D eigenvalue weighted by Crippen LogP contribution is 2.13. The molecule has 0 bridgehead atoms. The molecule has 0 fully saturated rings. The SMILES string of the molecule is CCCCCCCCCCCCCCCNc1ccc(CC(=O)OCC)cc1. The Labute approximate surface area is 173 Å². The van der Waals surface area contributed by atoms with Gasteiger partial charge in [-0.1, -0.05) is 96.1 Å². The van der Waals surface area contributed by atoms with Crippen LogP contribution in [0.2, 0.25) is 0 Å². The number of carbonyl (C=O) groups excluding carboxylic acids is 1. The summed E-state index contributed by atoms with van der Waals surface area (Å²) < 4.78 is 4.98. The van der Waals surface area contributed by atoms with Crippen molar-refractivity contribution in [3.05, 3.63) is 29.8 Å². The number of hydrogen-bond donors (Lipinski definition) is 1. The molecule has 0 amide bonds. The molecule has 160 valence electrons. The first-order valence-electron chi connectivity index (χ1n) is 11.7. The number of carbonyl (C=O) groups is 1. The van der Waals surface area contributed by atoms with Crippen molar-refractivity contribution in [2.45, 2.75) is 104 Å². The Morgan fingerprint density at radius 2 is 1.25 bits per heavy atom. The summed E-state index contributed by atoms with van der Waals surface area (Å²) in [7, 11) is 0. The van der Waals surface area contributed by atoms with Crippen LogP contribution in [0.25, 0.3) is 0 Å². The number of nitrogens with one attached hydrogen (secondary N) is 1. The van der Waals surface area contributed by atoms with Gasteiger partial charge in [0.2, 0.25) is 0 Å². The van der Waals surface area contributed by atoms with E-state index in [1.54, 1.807) is 0 Å². The van der Waals surface area contributed by atoms with Crippen molar-refractivity contribution in [2.24, 2.45) is 0 Å². The van der Waals surface area contributed by atoms with Gasteiger partial charge in [-0.15, -0.1) is 0 Å². The van der Waals surface area contributed by atoms with Gasteiger partial charge in [-0.2, -0.15) is 0 Å². The van der Waals surface area contributed by atoms with Crippen LogP contribution in [0.3, 0.4) is 0 Å². The van der Waals surface area contributed by atoms with Gasteiger partial charge in [0, 0.05) is 12.2 Å². The maximum absolute atomic E-state index is 11.5. The highest BCUT2D eigenvalue weighted by molar-refractivity contribution is 5.72. The van der Waals surface area contributed by atoms with Crippen LogP contribution in [-0.2, 0) is 16.0 Å². The number of ether oxygens (including phenoxy) is 1. The molecule has 0 saturated heterocycles. The normalized spacial score (nSPS) is 10.8. The first-order valence-corrected chi connectivity index (χ1v) is 11.7. The van der Waals surface area contributed by atoms with Crippen molar-refractivity contribution in [3.8, 4) is 0 Å². The van der Waals surface area contributed by atoms with Gasteiger partial charge in [-0.05, 0) is 31.0 Å². The molecule has 3 heteroatoms. The Bertz CT molecular complexity index is 484. The first kappa shape index (κ1) is 24.5. The van der Waals surface area contributed by atoms with Crippen LogP contribution in [0.15, 0.2) is 24.3 Å². The molecule has 3 nitrogen and oxygen atoms in total. The topological polar surface area (TPSA) is 38.3 Å². The van der Waals surface area contributed by atoms with Crippen LogP contribution in [0.5, 0.6) is 0 Å². The van der Waals surface area contributed by atoms with Crippen LogP contribution < -0.4 is 5.32 Å². The zero-order chi connectivity index (χ0) is 20.3. The van der Waals surface area contributed by atoms with Gasteiger partial charge in [0.25, 0.3) is 0 Å². The third-order valence-corrected chi connectivity index (χ3v) is 5.22. The number of anilines is 1. The zero-order valence-corrected chi connectivity index (χ0v) is 18.4. The van der Waals surface area contributed by atoms with E-state index >= 15 is 0 Å². The lowest BCUT2D eigenvalue weighted by molar-refractivity contribution is -0.142. The van der Waals surface area contributed by atoms with Gasteiger partial charge in [-0.3, -0.25) is 4.79 Å². The van der Waals surface area contributed by atoms with E-state index in [0.717, 1.165) is 17.8 Å². The Kier molecular flexibility index (Phi) is 15.4. The van der Waals surface area contributed by atoms with Crippen LogP contribution in [0, 0.1) is 0 Å². The minimum absolute atomic E-state index is 0.157. The Morgan fingerprint density at radius 1 is 0.750 bits per heavy atom. The monoisotopic (exact) mass is 389 g/mol. The quantitative estimate of drug-likeness (QED) is 0.211. The summed E-state index contributed by atoms with van der Waals surface area (Å²) in [6.07, 6.45) is 18.4.